The van der Waals surface area contributed by atoms with Gasteiger partial charge in [0.05, 0.1) is 5.69 Å². The van der Waals surface area contributed by atoms with Crippen LogP contribution in [0.3, 0.4) is 0 Å². The maximum atomic E-state index is 6.06. The van der Waals surface area contributed by atoms with Crippen LogP contribution in [0.25, 0.3) is 0 Å². The molecule has 18 heavy (non-hydrogen) atoms. The lowest BCUT2D eigenvalue weighted by Gasteiger charge is -2.38. The van der Waals surface area contributed by atoms with Crippen LogP contribution in [-0.4, -0.2) is 16.6 Å². The Bertz CT molecular complexity index is 392. The zero-order chi connectivity index (χ0) is 13.0. The SMILES string of the molecule is CCOC1(c2nccc(CN)n2)CCCC(C)C1. The van der Waals surface area contributed by atoms with E-state index in [1.54, 1.807) is 6.20 Å². The standard InChI is InChI=1S/C14H23N3O/c1-3-18-14(7-4-5-11(2)9-14)13-16-8-6-12(10-15)17-13/h6,8,11H,3-5,7,9-10,15H2,1-2H3. The Balaban J connectivity index is 2.33. The molecule has 2 rings (SSSR count). The first-order chi connectivity index (χ1) is 8.70. The molecule has 0 saturated heterocycles. The predicted octanol–water partition coefficient (Wildman–Crippen LogP) is 2.38. The average molecular weight is 249 g/mol. The van der Waals surface area contributed by atoms with Crippen LogP contribution in [0.2, 0.25) is 0 Å². The smallest absolute Gasteiger partial charge is 0.160 e. The summed E-state index contributed by atoms with van der Waals surface area (Å²) < 4.78 is 6.06. The number of aromatic nitrogens is 2. The van der Waals surface area contributed by atoms with Gasteiger partial charge in [-0.15, -0.1) is 0 Å². The van der Waals surface area contributed by atoms with Crippen LogP contribution in [-0.2, 0) is 16.9 Å². The number of nitrogens with zero attached hydrogens (tertiary/aromatic N) is 2. The molecule has 2 N–H and O–H groups in total. The van der Waals surface area contributed by atoms with Gasteiger partial charge in [0.1, 0.15) is 5.60 Å². The van der Waals surface area contributed by atoms with Crippen molar-refractivity contribution in [3.05, 3.63) is 23.8 Å². The number of nitrogens with two attached hydrogens (primary N) is 1. The number of ether oxygens (including phenoxy) is 1. The van der Waals surface area contributed by atoms with E-state index in [1.165, 1.54) is 12.8 Å². The van der Waals surface area contributed by atoms with Crippen molar-refractivity contribution in [2.75, 3.05) is 6.61 Å². The largest absolute Gasteiger partial charge is 0.367 e. The molecule has 1 aliphatic carbocycles. The molecule has 0 amide bonds. The first-order valence-corrected chi connectivity index (χ1v) is 6.86. The van der Waals surface area contributed by atoms with Crippen LogP contribution in [0.1, 0.15) is 51.0 Å². The Kier molecular flexibility index (Phi) is 4.30. The maximum absolute atomic E-state index is 6.06. The van der Waals surface area contributed by atoms with Crippen molar-refractivity contribution in [1.82, 2.24) is 9.97 Å². The van der Waals surface area contributed by atoms with E-state index in [9.17, 15) is 0 Å². The van der Waals surface area contributed by atoms with Gasteiger partial charge in [-0.25, -0.2) is 9.97 Å². The van der Waals surface area contributed by atoms with Crippen LogP contribution >= 0.6 is 0 Å². The molecule has 4 heteroatoms. The van der Waals surface area contributed by atoms with Gasteiger partial charge in [-0.3, -0.25) is 0 Å². The van der Waals surface area contributed by atoms with Crippen LogP contribution in [0.15, 0.2) is 12.3 Å². The van der Waals surface area contributed by atoms with Crippen LogP contribution in [0, 0.1) is 5.92 Å². The lowest BCUT2D eigenvalue weighted by atomic mass is 9.78. The first kappa shape index (κ1) is 13.4. The lowest BCUT2D eigenvalue weighted by molar-refractivity contribution is -0.0882. The van der Waals surface area contributed by atoms with Gasteiger partial charge in [0.2, 0.25) is 0 Å². The van der Waals surface area contributed by atoms with Crippen molar-refractivity contribution in [3.8, 4) is 0 Å². The number of hydrogen-bond acceptors (Lipinski definition) is 4. The van der Waals surface area contributed by atoms with Crippen molar-refractivity contribution < 1.29 is 4.74 Å². The van der Waals surface area contributed by atoms with E-state index in [0.717, 1.165) is 24.4 Å². The molecule has 4 nitrogen and oxygen atoms in total. The van der Waals surface area contributed by atoms with E-state index in [1.807, 2.05) is 13.0 Å². The van der Waals surface area contributed by atoms with Crippen molar-refractivity contribution >= 4 is 0 Å². The van der Waals surface area contributed by atoms with Gasteiger partial charge in [0.25, 0.3) is 0 Å². The fraction of sp³-hybridized carbons (Fsp3) is 0.714. The Morgan fingerprint density at radius 1 is 1.56 bits per heavy atom. The molecule has 1 heterocycles. The van der Waals surface area contributed by atoms with E-state index in [0.29, 0.717) is 19.1 Å². The van der Waals surface area contributed by atoms with Gasteiger partial charge in [0.15, 0.2) is 5.82 Å². The topological polar surface area (TPSA) is 61.0 Å². The summed E-state index contributed by atoms with van der Waals surface area (Å²) in [5.41, 5.74) is 6.25. The van der Waals surface area contributed by atoms with Gasteiger partial charge in [0, 0.05) is 19.3 Å². The predicted molar refractivity (Wildman–Crippen MR) is 70.9 cm³/mol. The van der Waals surface area contributed by atoms with Crippen LogP contribution < -0.4 is 5.73 Å². The summed E-state index contributed by atoms with van der Waals surface area (Å²) >= 11 is 0. The average Bonchev–Trinajstić information content (AvgIpc) is 2.39. The fourth-order valence-electron chi connectivity index (χ4n) is 2.91. The van der Waals surface area contributed by atoms with Gasteiger partial charge < -0.3 is 10.5 Å². The third-order valence-electron chi connectivity index (χ3n) is 3.71. The van der Waals surface area contributed by atoms with Crippen molar-refractivity contribution in [2.45, 2.75) is 51.7 Å². The van der Waals surface area contributed by atoms with Crippen molar-refractivity contribution in [1.29, 1.82) is 0 Å². The van der Waals surface area contributed by atoms with E-state index in [-0.39, 0.29) is 5.60 Å². The first-order valence-electron chi connectivity index (χ1n) is 6.86. The lowest BCUT2D eigenvalue weighted by Crippen LogP contribution is -2.37. The summed E-state index contributed by atoms with van der Waals surface area (Å²) in [7, 11) is 0. The molecule has 0 bridgehead atoms. The van der Waals surface area contributed by atoms with Crippen LogP contribution in [0.5, 0.6) is 0 Å². The molecule has 100 valence electrons. The van der Waals surface area contributed by atoms with E-state index in [2.05, 4.69) is 16.9 Å². The van der Waals surface area contributed by atoms with E-state index < -0.39 is 0 Å². The molecular weight excluding hydrogens is 226 g/mol. The molecule has 0 radical (unpaired) electrons. The third-order valence-corrected chi connectivity index (χ3v) is 3.71. The highest BCUT2D eigenvalue weighted by Gasteiger charge is 2.39. The van der Waals surface area contributed by atoms with Gasteiger partial charge in [-0.2, -0.15) is 0 Å². The minimum Gasteiger partial charge on any atom is -0.367 e. The summed E-state index contributed by atoms with van der Waals surface area (Å²) in [5.74, 6) is 1.48. The van der Waals surface area contributed by atoms with Gasteiger partial charge >= 0.3 is 0 Å². The molecule has 0 spiro atoms. The number of rotatable bonds is 4. The van der Waals surface area contributed by atoms with E-state index >= 15 is 0 Å². The van der Waals surface area contributed by atoms with Crippen LogP contribution in [0.4, 0.5) is 0 Å². The molecule has 1 fully saturated rings. The molecule has 1 aromatic rings. The van der Waals surface area contributed by atoms with Gasteiger partial charge in [-0.05, 0) is 38.2 Å². The minimum atomic E-state index is -0.294. The molecule has 0 aliphatic heterocycles. The van der Waals surface area contributed by atoms with Gasteiger partial charge in [-0.1, -0.05) is 13.3 Å². The maximum Gasteiger partial charge on any atom is 0.160 e. The third kappa shape index (κ3) is 2.70. The molecule has 1 aromatic heterocycles. The Morgan fingerprint density at radius 3 is 3.06 bits per heavy atom. The Hall–Kier alpha value is -1.00. The van der Waals surface area contributed by atoms with E-state index in [4.69, 9.17) is 10.5 Å². The highest BCUT2D eigenvalue weighted by Crippen LogP contribution is 2.41. The molecule has 1 saturated carbocycles. The Morgan fingerprint density at radius 2 is 2.39 bits per heavy atom. The summed E-state index contributed by atoms with van der Waals surface area (Å²) in [6.45, 7) is 5.46. The molecule has 2 unspecified atom stereocenters. The minimum absolute atomic E-state index is 0.294. The second-order valence-corrected chi connectivity index (χ2v) is 5.20. The zero-order valence-electron chi connectivity index (χ0n) is 11.4. The summed E-state index contributed by atoms with van der Waals surface area (Å²) in [6, 6.07) is 1.87. The Labute approximate surface area is 109 Å². The molecule has 2 atom stereocenters. The molecular formula is C14H23N3O. The molecule has 1 aliphatic rings. The zero-order valence-corrected chi connectivity index (χ0v) is 11.4. The summed E-state index contributed by atoms with van der Waals surface area (Å²) in [4.78, 5) is 9.02. The second-order valence-electron chi connectivity index (χ2n) is 5.20. The summed E-state index contributed by atoms with van der Waals surface area (Å²) in [6.07, 6.45) is 6.27. The normalized spacial score (nSPS) is 28.3. The fourth-order valence-corrected chi connectivity index (χ4v) is 2.91. The summed E-state index contributed by atoms with van der Waals surface area (Å²) in [5, 5.41) is 0. The monoisotopic (exact) mass is 249 g/mol. The van der Waals surface area contributed by atoms with Crippen molar-refractivity contribution in [3.63, 3.8) is 0 Å². The number of hydrogen-bond donors (Lipinski definition) is 1. The quantitative estimate of drug-likeness (QED) is 0.890. The highest BCUT2D eigenvalue weighted by molar-refractivity contribution is 5.10. The second kappa shape index (κ2) is 5.76. The van der Waals surface area contributed by atoms with Crippen molar-refractivity contribution in [2.24, 2.45) is 11.7 Å². The molecule has 0 aromatic carbocycles. The highest BCUT2D eigenvalue weighted by atomic mass is 16.5.